The van der Waals surface area contributed by atoms with Crippen LogP contribution in [0.3, 0.4) is 0 Å². The summed E-state index contributed by atoms with van der Waals surface area (Å²) in [5.41, 5.74) is 2.65. The first-order valence-electron chi connectivity index (χ1n) is 5.64. The highest BCUT2D eigenvalue weighted by Crippen LogP contribution is 2.33. The second-order valence-corrected chi connectivity index (χ2v) is 5.23. The zero-order valence-electron chi connectivity index (χ0n) is 9.08. The molecule has 1 aromatic carbocycles. The molecule has 0 spiro atoms. The molecule has 0 amide bonds. The Bertz CT molecular complexity index is 434. The molecule has 0 bridgehead atoms. The van der Waals surface area contributed by atoms with E-state index in [0.29, 0.717) is 0 Å². The van der Waals surface area contributed by atoms with Crippen molar-refractivity contribution >= 4 is 15.9 Å². The maximum Gasteiger partial charge on any atom is 0.127 e. The Morgan fingerprint density at radius 3 is 2.88 bits per heavy atom. The van der Waals surface area contributed by atoms with Gasteiger partial charge in [0.25, 0.3) is 0 Å². The van der Waals surface area contributed by atoms with E-state index in [1.165, 1.54) is 15.6 Å². The first kappa shape index (κ1) is 10.4. The second-order valence-electron chi connectivity index (χ2n) is 4.32. The van der Waals surface area contributed by atoms with Gasteiger partial charge < -0.3 is 4.74 Å². The van der Waals surface area contributed by atoms with Gasteiger partial charge in [0.2, 0.25) is 0 Å². The van der Waals surface area contributed by atoms with E-state index in [-0.39, 0.29) is 0 Å². The summed E-state index contributed by atoms with van der Waals surface area (Å²) in [7, 11) is 0. The van der Waals surface area contributed by atoms with Crippen LogP contribution in [0.1, 0.15) is 11.1 Å². The number of ether oxygens (including phenoxy) is 1. The Labute approximate surface area is 104 Å². The van der Waals surface area contributed by atoms with Crippen LogP contribution in [0, 0.1) is 0 Å². The first-order valence-corrected chi connectivity index (χ1v) is 6.44. The number of hydrogen-bond acceptors (Lipinski definition) is 2. The first-order chi connectivity index (χ1) is 7.83. The highest BCUT2D eigenvalue weighted by Gasteiger charge is 2.19. The van der Waals surface area contributed by atoms with Gasteiger partial charge in [-0.05, 0) is 17.7 Å². The van der Waals surface area contributed by atoms with E-state index < -0.39 is 0 Å². The number of fused-ring (bicyclic) bond motifs is 1. The van der Waals surface area contributed by atoms with Gasteiger partial charge in [0, 0.05) is 36.1 Å². The van der Waals surface area contributed by atoms with Crippen molar-refractivity contribution in [3.63, 3.8) is 0 Å². The molecule has 3 rings (SSSR count). The van der Waals surface area contributed by atoms with Crippen LogP contribution >= 0.6 is 15.9 Å². The minimum Gasteiger partial charge on any atom is -0.493 e. The third-order valence-electron chi connectivity index (χ3n) is 3.11. The van der Waals surface area contributed by atoms with Gasteiger partial charge in [-0.15, -0.1) is 0 Å². The van der Waals surface area contributed by atoms with E-state index in [1.807, 2.05) is 0 Å². The molecule has 2 aliphatic rings. The minimum absolute atomic E-state index is 0.830. The molecule has 0 radical (unpaired) electrons. The molecular weight excluding hydrogens is 266 g/mol. The third kappa shape index (κ3) is 1.89. The normalized spacial score (nSPS) is 18.8. The van der Waals surface area contributed by atoms with Gasteiger partial charge in [-0.3, -0.25) is 4.90 Å². The van der Waals surface area contributed by atoms with Crippen LogP contribution < -0.4 is 4.74 Å². The molecule has 2 aliphatic heterocycles. The molecule has 0 aliphatic carbocycles. The monoisotopic (exact) mass is 279 g/mol. The van der Waals surface area contributed by atoms with Crippen molar-refractivity contribution in [1.29, 1.82) is 0 Å². The van der Waals surface area contributed by atoms with E-state index >= 15 is 0 Å². The molecule has 3 heteroatoms. The molecule has 84 valence electrons. The van der Waals surface area contributed by atoms with E-state index in [9.17, 15) is 0 Å². The van der Waals surface area contributed by atoms with Gasteiger partial charge in [-0.2, -0.15) is 0 Å². The predicted octanol–water partition coefficient (Wildman–Crippen LogP) is 2.76. The smallest absolute Gasteiger partial charge is 0.127 e. The van der Waals surface area contributed by atoms with Crippen LogP contribution in [0.4, 0.5) is 0 Å². The van der Waals surface area contributed by atoms with Gasteiger partial charge in [0.15, 0.2) is 0 Å². The van der Waals surface area contributed by atoms with Gasteiger partial charge >= 0.3 is 0 Å². The summed E-state index contributed by atoms with van der Waals surface area (Å²) in [6.07, 6.45) is 5.48. The fraction of sp³-hybridized carbons (Fsp3) is 0.385. The fourth-order valence-corrected chi connectivity index (χ4v) is 2.91. The van der Waals surface area contributed by atoms with Gasteiger partial charge in [0.1, 0.15) is 5.75 Å². The van der Waals surface area contributed by atoms with Gasteiger partial charge in [-0.25, -0.2) is 0 Å². The molecular formula is C13H14BrNO. The zero-order valence-corrected chi connectivity index (χ0v) is 10.7. The van der Waals surface area contributed by atoms with Crippen LogP contribution in [-0.2, 0) is 13.0 Å². The van der Waals surface area contributed by atoms with E-state index in [2.05, 4.69) is 45.1 Å². The van der Waals surface area contributed by atoms with Crippen molar-refractivity contribution < 1.29 is 4.74 Å². The quantitative estimate of drug-likeness (QED) is 0.772. The Hall–Kier alpha value is -0.800. The molecule has 1 aromatic rings. The zero-order chi connectivity index (χ0) is 11.0. The lowest BCUT2D eigenvalue weighted by atomic mass is 10.1. The molecule has 0 unspecified atom stereocenters. The lowest BCUT2D eigenvalue weighted by Crippen LogP contribution is -2.19. The van der Waals surface area contributed by atoms with Crippen molar-refractivity contribution in [1.82, 2.24) is 4.90 Å². The van der Waals surface area contributed by atoms with Crippen molar-refractivity contribution in [2.75, 3.05) is 19.7 Å². The van der Waals surface area contributed by atoms with Crippen LogP contribution in [0.15, 0.2) is 28.8 Å². The van der Waals surface area contributed by atoms with E-state index in [0.717, 1.165) is 38.4 Å². The molecule has 2 nitrogen and oxygen atoms in total. The molecule has 0 N–H and O–H groups in total. The number of nitrogens with zero attached hydrogens (tertiary/aromatic N) is 1. The Morgan fingerprint density at radius 1 is 1.25 bits per heavy atom. The van der Waals surface area contributed by atoms with Crippen molar-refractivity contribution in [3.05, 3.63) is 39.9 Å². The molecule has 0 aromatic heterocycles. The van der Waals surface area contributed by atoms with Crippen molar-refractivity contribution in [2.45, 2.75) is 13.0 Å². The standard InChI is InChI=1S/C13H14BrNO/c14-12-7-10-3-6-16-13(10)11(8-12)9-15-4-1-2-5-15/h1-2,7-8H,3-6,9H2. The highest BCUT2D eigenvalue weighted by molar-refractivity contribution is 9.10. The number of halogens is 1. The summed E-state index contributed by atoms with van der Waals surface area (Å²) < 4.78 is 6.89. The average molecular weight is 280 g/mol. The summed E-state index contributed by atoms with van der Waals surface area (Å²) in [4.78, 5) is 2.41. The van der Waals surface area contributed by atoms with Crippen LogP contribution in [0.5, 0.6) is 5.75 Å². The topological polar surface area (TPSA) is 12.5 Å². The minimum atomic E-state index is 0.830. The average Bonchev–Trinajstić information content (AvgIpc) is 2.87. The second kappa shape index (κ2) is 4.22. The maximum absolute atomic E-state index is 5.73. The van der Waals surface area contributed by atoms with Crippen LogP contribution in [-0.4, -0.2) is 24.6 Å². The highest BCUT2D eigenvalue weighted by atomic mass is 79.9. The number of rotatable bonds is 2. The molecule has 0 atom stereocenters. The van der Waals surface area contributed by atoms with E-state index in [1.54, 1.807) is 0 Å². The summed E-state index contributed by atoms with van der Waals surface area (Å²) in [6.45, 7) is 3.92. The van der Waals surface area contributed by atoms with Gasteiger partial charge in [0.05, 0.1) is 6.61 Å². The lowest BCUT2D eigenvalue weighted by molar-refractivity contribution is 0.321. The van der Waals surface area contributed by atoms with Crippen molar-refractivity contribution in [3.8, 4) is 5.75 Å². The molecule has 0 saturated carbocycles. The molecule has 2 heterocycles. The van der Waals surface area contributed by atoms with Crippen LogP contribution in [0.25, 0.3) is 0 Å². The molecule has 16 heavy (non-hydrogen) atoms. The summed E-state index contributed by atoms with van der Waals surface area (Å²) >= 11 is 3.58. The third-order valence-corrected chi connectivity index (χ3v) is 3.57. The predicted molar refractivity (Wildman–Crippen MR) is 67.8 cm³/mol. The fourth-order valence-electron chi connectivity index (χ4n) is 2.36. The summed E-state index contributed by atoms with van der Waals surface area (Å²) in [5.74, 6) is 1.12. The van der Waals surface area contributed by atoms with E-state index in [4.69, 9.17) is 4.74 Å². The van der Waals surface area contributed by atoms with Gasteiger partial charge in [-0.1, -0.05) is 28.1 Å². The number of hydrogen-bond donors (Lipinski definition) is 0. The number of benzene rings is 1. The van der Waals surface area contributed by atoms with Crippen LogP contribution in [0.2, 0.25) is 0 Å². The Kier molecular flexibility index (Phi) is 2.74. The summed E-state index contributed by atoms with van der Waals surface area (Å²) in [5, 5.41) is 0. The SMILES string of the molecule is Brc1cc2c(c(CN3CC=CC3)c1)OCC2. The molecule has 0 fully saturated rings. The lowest BCUT2D eigenvalue weighted by Gasteiger charge is -2.17. The Balaban J connectivity index is 1.88. The Morgan fingerprint density at radius 2 is 2.06 bits per heavy atom. The largest absolute Gasteiger partial charge is 0.493 e. The maximum atomic E-state index is 5.73. The molecule has 0 saturated heterocycles. The summed E-state index contributed by atoms with van der Waals surface area (Å²) in [6, 6.07) is 4.36. The van der Waals surface area contributed by atoms with Crippen molar-refractivity contribution in [2.24, 2.45) is 0 Å².